The van der Waals surface area contributed by atoms with Gasteiger partial charge in [-0.25, -0.2) is 8.42 Å². The second kappa shape index (κ2) is 6.13. The average Bonchev–Trinajstić information content (AvgIpc) is 2.25. The fraction of sp³-hybridized carbons (Fsp3) is 0.333. The molecule has 1 aromatic rings. The zero-order chi connectivity index (χ0) is 16.4. The van der Waals surface area contributed by atoms with Gasteiger partial charge in [0.15, 0.2) is 6.61 Å². The fourth-order valence-corrected chi connectivity index (χ4v) is 2.65. The highest BCUT2D eigenvalue weighted by Crippen LogP contribution is 2.30. The number of nitro benzene ring substituents is 1. The van der Waals surface area contributed by atoms with Crippen molar-refractivity contribution in [1.29, 1.82) is 0 Å². The number of nitro groups is 1. The first kappa shape index (κ1) is 17.6. The van der Waals surface area contributed by atoms with E-state index in [0.717, 1.165) is 6.07 Å². The highest BCUT2D eigenvalue weighted by atomic mass is 35.5. The molecule has 1 rings (SSSR count). The molecule has 0 amide bonds. The predicted molar refractivity (Wildman–Crippen MR) is 65.2 cm³/mol. The second-order valence-electron chi connectivity index (χ2n) is 3.82. The zero-order valence-electron chi connectivity index (χ0n) is 10.3. The number of nitrogens with one attached hydrogen (secondary N) is 1. The molecule has 0 aromatic heterocycles. The lowest BCUT2D eigenvalue weighted by molar-refractivity contribution is -0.384. The van der Waals surface area contributed by atoms with Gasteiger partial charge in [-0.15, -0.1) is 0 Å². The minimum Gasteiger partial charge on any atom is -0.277 e. The minimum absolute atomic E-state index is 0.00806. The van der Waals surface area contributed by atoms with Gasteiger partial charge in [0.05, 0.1) is 9.82 Å². The Hall–Kier alpha value is -1.43. The quantitative estimate of drug-likeness (QED) is 0.650. The number of nitrogens with zero attached hydrogens (tertiary/aromatic N) is 1. The van der Waals surface area contributed by atoms with Crippen LogP contribution in [0.5, 0.6) is 0 Å². The van der Waals surface area contributed by atoms with E-state index >= 15 is 0 Å². The molecule has 0 spiro atoms. The third kappa shape index (κ3) is 4.81. The van der Waals surface area contributed by atoms with Crippen molar-refractivity contribution >= 4 is 27.3 Å². The molecule has 0 radical (unpaired) electrons. The lowest BCUT2D eigenvalue weighted by Crippen LogP contribution is -2.30. The topological polar surface area (TPSA) is 98.5 Å². The largest absolute Gasteiger partial charge is 0.413 e. The molecular formula is C9H8ClF3N2O5S. The Bertz CT molecular complexity index is 662. The van der Waals surface area contributed by atoms with Crippen LogP contribution in [0.15, 0.2) is 17.0 Å². The van der Waals surface area contributed by atoms with Crippen LogP contribution in [-0.4, -0.2) is 26.1 Å². The first-order valence-corrected chi connectivity index (χ1v) is 6.95. The number of hydrogen-bond donors (Lipinski definition) is 1. The molecule has 0 aliphatic heterocycles. The highest BCUT2D eigenvalue weighted by Gasteiger charge is 2.30. The van der Waals surface area contributed by atoms with Crippen LogP contribution in [0, 0.1) is 17.0 Å². The Balaban J connectivity index is 3.08. The molecule has 0 heterocycles. The lowest BCUT2D eigenvalue weighted by atomic mass is 10.2. The molecule has 0 atom stereocenters. The van der Waals surface area contributed by atoms with Crippen molar-refractivity contribution in [2.45, 2.75) is 18.0 Å². The van der Waals surface area contributed by atoms with Crippen LogP contribution in [0.4, 0.5) is 18.9 Å². The van der Waals surface area contributed by atoms with E-state index in [-0.39, 0.29) is 10.6 Å². The summed E-state index contributed by atoms with van der Waals surface area (Å²) in [5, 5.41) is 10.4. The van der Waals surface area contributed by atoms with Crippen LogP contribution in [0.2, 0.25) is 5.02 Å². The number of hydrogen-bond acceptors (Lipinski definition) is 5. The van der Waals surface area contributed by atoms with E-state index < -0.39 is 38.3 Å². The number of halogens is 4. The third-order valence-electron chi connectivity index (χ3n) is 2.14. The van der Waals surface area contributed by atoms with Crippen molar-refractivity contribution in [2.24, 2.45) is 0 Å². The summed E-state index contributed by atoms with van der Waals surface area (Å²) in [4.78, 5) is 14.2. The van der Waals surface area contributed by atoms with Crippen LogP contribution in [0.1, 0.15) is 5.56 Å². The van der Waals surface area contributed by atoms with Crippen molar-refractivity contribution in [1.82, 2.24) is 4.89 Å². The van der Waals surface area contributed by atoms with E-state index in [0.29, 0.717) is 6.07 Å². The number of aryl methyl sites for hydroxylation is 1. The number of rotatable bonds is 5. The van der Waals surface area contributed by atoms with Crippen LogP contribution in [-0.2, 0) is 14.9 Å². The highest BCUT2D eigenvalue weighted by molar-refractivity contribution is 7.89. The maximum absolute atomic E-state index is 11.9. The molecule has 118 valence electrons. The molecule has 1 N–H and O–H groups in total. The van der Waals surface area contributed by atoms with Crippen molar-refractivity contribution in [3.05, 3.63) is 32.8 Å². The molecule has 0 aliphatic carbocycles. The van der Waals surface area contributed by atoms with Gasteiger partial charge < -0.3 is 0 Å². The third-order valence-corrected chi connectivity index (χ3v) is 3.79. The maximum atomic E-state index is 11.9. The molecule has 0 aliphatic rings. The van der Waals surface area contributed by atoms with Crippen LogP contribution in [0.25, 0.3) is 0 Å². The van der Waals surface area contributed by atoms with Gasteiger partial charge in [0.25, 0.3) is 15.7 Å². The van der Waals surface area contributed by atoms with Gasteiger partial charge in [0.2, 0.25) is 0 Å². The van der Waals surface area contributed by atoms with Crippen molar-refractivity contribution in [2.75, 3.05) is 6.61 Å². The van der Waals surface area contributed by atoms with E-state index in [4.69, 9.17) is 11.6 Å². The van der Waals surface area contributed by atoms with E-state index in [2.05, 4.69) is 4.84 Å². The van der Waals surface area contributed by atoms with E-state index in [1.165, 1.54) is 11.8 Å². The Morgan fingerprint density at radius 2 is 2.00 bits per heavy atom. The Labute approximate surface area is 121 Å². The van der Waals surface area contributed by atoms with E-state index in [9.17, 15) is 31.7 Å². The summed E-state index contributed by atoms with van der Waals surface area (Å²) in [6.45, 7) is -0.575. The molecule has 1 aromatic carbocycles. The second-order valence-corrected chi connectivity index (χ2v) is 5.84. The summed E-state index contributed by atoms with van der Waals surface area (Å²) >= 11 is 5.57. The number of benzene rings is 1. The lowest BCUT2D eigenvalue weighted by Gasteiger charge is -2.11. The van der Waals surface area contributed by atoms with Crippen molar-refractivity contribution in [3.63, 3.8) is 0 Å². The van der Waals surface area contributed by atoms with Crippen LogP contribution >= 0.6 is 11.6 Å². The Morgan fingerprint density at radius 3 is 2.48 bits per heavy atom. The summed E-state index contributed by atoms with van der Waals surface area (Å²) in [6.07, 6.45) is -4.73. The zero-order valence-corrected chi connectivity index (χ0v) is 11.8. The first-order valence-electron chi connectivity index (χ1n) is 5.09. The Kier molecular flexibility index (Phi) is 5.15. The predicted octanol–water partition coefficient (Wildman–Crippen LogP) is 2.33. The van der Waals surface area contributed by atoms with Crippen molar-refractivity contribution in [3.8, 4) is 0 Å². The van der Waals surface area contributed by atoms with Crippen LogP contribution < -0.4 is 4.89 Å². The summed E-state index contributed by atoms with van der Waals surface area (Å²) in [7, 11) is -4.52. The summed E-state index contributed by atoms with van der Waals surface area (Å²) < 4.78 is 59.1. The standard InChI is InChI=1S/C9H8ClF3N2O5S/c1-5-2-6(10)7(15(16)17)3-8(5)21(18,19)14-20-4-9(11,12)13/h2-3,14H,4H2,1H3. The van der Waals surface area contributed by atoms with Gasteiger partial charge >= 0.3 is 6.18 Å². The van der Waals surface area contributed by atoms with Gasteiger partial charge in [-0.05, 0) is 18.6 Å². The molecule has 21 heavy (non-hydrogen) atoms. The first-order chi connectivity index (χ1) is 9.44. The van der Waals surface area contributed by atoms with Gasteiger partial charge in [-0.3, -0.25) is 15.0 Å². The minimum atomic E-state index is -4.73. The maximum Gasteiger partial charge on any atom is 0.413 e. The van der Waals surface area contributed by atoms with Gasteiger partial charge in [0, 0.05) is 6.07 Å². The number of sulfonamides is 1. The fourth-order valence-electron chi connectivity index (χ4n) is 1.31. The molecule has 12 heteroatoms. The number of alkyl halides is 3. The summed E-state index contributed by atoms with van der Waals surface area (Å²) in [5.41, 5.74) is -0.688. The molecule has 0 unspecified atom stereocenters. The smallest absolute Gasteiger partial charge is 0.277 e. The molecule has 0 fully saturated rings. The molecule has 0 saturated heterocycles. The monoisotopic (exact) mass is 348 g/mol. The SMILES string of the molecule is Cc1cc(Cl)c([N+](=O)[O-])cc1S(=O)(=O)NOCC(F)(F)F. The van der Waals surface area contributed by atoms with Gasteiger partial charge in [-0.1, -0.05) is 16.5 Å². The van der Waals surface area contributed by atoms with Gasteiger partial charge in [0.1, 0.15) is 5.02 Å². The molecule has 7 nitrogen and oxygen atoms in total. The van der Waals surface area contributed by atoms with E-state index in [1.807, 2.05) is 0 Å². The Morgan fingerprint density at radius 1 is 1.43 bits per heavy atom. The van der Waals surface area contributed by atoms with Crippen LogP contribution in [0.3, 0.4) is 0 Å². The normalized spacial score (nSPS) is 12.4. The summed E-state index contributed by atoms with van der Waals surface area (Å²) in [6, 6.07) is 1.65. The van der Waals surface area contributed by atoms with Gasteiger partial charge in [-0.2, -0.15) is 13.2 Å². The average molecular weight is 349 g/mol. The molecular weight excluding hydrogens is 341 g/mol. The van der Waals surface area contributed by atoms with Crippen molar-refractivity contribution < 1.29 is 31.3 Å². The molecule has 0 saturated carbocycles. The molecule has 0 bridgehead atoms. The van der Waals surface area contributed by atoms with E-state index in [1.54, 1.807) is 0 Å². The summed E-state index contributed by atoms with van der Waals surface area (Å²) in [5.74, 6) is 0.